The van der Waals surface area contributed by atoms with Crippen LogP contribution in [0.15, 0.2) is 30.3 Å². The van der Waals surface area contributed by atoms with Gasteiger partial charge in [0.05, 0.1) is 18.1 Å². The van der Waals surface area contributed by atoms with Crippen molar-refractivity contribution in [1.82, 2.24) is 4.90 Å². The molecule has 0 amide bonds. The number of rotatable bonds is 6. The van der Waals surface area contributed by atoms with E-state index in [0.717, 1.165) is 38.5 Å². The molecule has 7 heteroatoms. The van der Waals surface area contributed by atoms with Crippen LogP contribution in [0.4, 0.5) is 13.2 Å². The standard InChI is InChI=1S/C30H38F3NO3/c1-18(2)36-29(35)22-15-23-10-11-24(16-22)34(23)17-21-6-4-5-20-9-14-26(28(27(20)21)30(31,32)33)37-25-12-7-19(3)8-13-25/h4-6,9,14,18-19,22-25H,7-8,10-13,15-17H2,1-3H3. The molecule has 3 aliphatic rings. The van der Waals surface area contributed by atoms with Gasteiger partial charge in [-0.1, -0.05) is 31.2 Å². The largest absolute Gasteiger partial charge is 0.490 e. The van der Waals surface area contributed by atoms with Gasteiger partial charge in [-0.25, -0.2) is 0 Å². The number of esters is 1. The normalized spacial score (nSPS) is 28.6. The number of halogens is 3. The van der Waals surface area contributed by atoms with Crippen molar-refractivity contribution in [2.24, 2.45) is 11.8 Å². The predicted molar refractivity (Wildman–Crippen MR) is 137 cm³/mol. The lowest BCUT2D eigenvalue weighted by atomic mass is 9.88. The summed E-state index contributed by atoms with van der Waals surface area (Å²) in [5.74, 6) is 0.268. The Hall–Kier alpha value is -2.28. The van der Waals surface area contributed by atoms with E-state index in [1.807, 2.05) is 26.0 Å². The highest BCUT2D eigenvalue weighted by Crippen LogP contribution is 2.45. The van der Waals surface area contributed by atoms with Gasteiger partial charge in [0.25, 0.3) is 0 Å². The first-order chi connectivity index (χ1) is 17.6. The maximum Gasteiger partial charge on any atom is 0.420 e. The number of piperidine rings is 1. The van der Waals surface area contributed by atoms with Gasteiger partial charge in [-0.15, -0.1) is 0 Å². The number of alkyl halides is 3. The number of hydrogen-bond donors (Lipinski definition) is 0. The summed E-state index contributed by atoms with van der Waals surface area (Å²) in [5.41, 5.74) is 0.0228. The van der Waals surface area contributed by atoms with E-state index in [4.69, 9.17) is 9.47 Å². The third kappa shape index (κ3) is 5.62. The van der Waals surface area contributed by atoms with Gasteiger partial charge in [-0.05, 0) is 88.1 Å². The predicted octanol–water partition coefficient (Wildman–Crippen LogP) is 7.51. The van der Waals surface area contributed by atoms with Gasteiger partial charge in [0.2, 0.25) is 0 Å². The lowest BCUT2D eigenvalue weighted by Crippen LogP contribution is -2.44. The van der Waals surface area contributed by atoms with Crippen LogP contribution in [0.5, 0.6) is 5.75 Å². The molecule has 2 saturated heterocycles. The zero-order valence-electron chi connectivity index (χ0n) is 22.0. The first-order valence-corrected chi connectivity index (χ1v) is 13.8. The van der Waals surface area contributed by atoms with Gasteiger partial charge < -0.3 is 9.47 Å². The summed E-state index contributed by atoms with van der Waals surface area (Å²) in [5, 5.41) is 0.828. The highest BCUT2D eigenvalue weighted by molar-refractivity contribution is 5.91. The summed E-state index contributed by atoms with van der Waals surface area (Å²) < 4.78 is 55.4. The van der Waals surface area contributed by atoms with Gasteiger partial charge in [0.1, 0.15) is 11.3 Å². The van der Waals surface area contributed by atoms with Crippen molar-refractivity contribution in [2.75, 3.05) is 0 Å². The van der Waals surface area contributed by atoms with Gasteiger partial charge in [0, 0.05) is 24.0 Å². The second-order valence-corrected chi connectivity index (χ2v) is 11.7. The number of carbonyl (C=O) groups is 1. The molecule has 2 bridgehead atoms. The van der Waals surface area contributed by atoms with Crippen molar-refractivity contribution < 1.29 is 27.4 Å². The topological polar surface area (TPSA) is 38.8 Å². The van der Waals surface area contributed by atoms with Crippen LogP contribution >= 0.6 is 0 Å². The van der Waals surface area contributed by atoms with Crippen LogP contribution in [0.1, 0.15) is 83.3 Å². The molecular formula is C30H38F3NO3. The van der Waals surface area contributed by atoms with Crippen molar-refractivity contribution in [2.45, 2.75) is 109 Å². The zero-order valence-corrected chi connectivity index (χ0v) is 22.0. The summed E-state index contributed by atoms with van der Waals surface area (Å²) in [6, 6.07) is 9.04. The van der Waals surface area contributed by atoms with Gasteiger partial charge in [-0.3, -0.25) is 9.69 Å². The molecule has 2 aliphatic heterocycles. The molecule has 1 saturated carbocycles. The van der Waals surface area contributed by atoms with Crippen LogP contribution in [-0.2, 0) is 22.3 Å². The molecule has 4 nitrogen and oxygen atoms in total. The van der Waals surface area contributed by atoms with Gasteiger partial charge in [0.15, 0.2) is 0 Å². The molecule has 2 aromatic carbocycles. The molecule has 2 unspecified atom stereocenters. The van der Waals surface area contributed by atoms with E-state index in [1.165, 1.54) is 6.07 Å². The molecule has 0 aromatic heterocycles. The van der Waals surface area contributed by atoms with Crippen LogP contribution in [0.25, 0.3) is 10.8 Å². The second kappa shape index (κ2) is 10.5. The third-order valence-corrected chi connectivity index (χ3v) is 8.56. The fraction of sp³-hybridized carbons (Fsp3) is 0.633. The number of carbonyl (C=O) groups excluding carboxylic acids is 1. The second-order valence-electron chi connectivity index (χ2n) is 11.7. The highest BCUT2D eigenvalue weighted by Gasteiger charge is 2.44. The molecule has 5 rings (SSSR count). The average Bonchev–Trinajstić information content (AvgIpc) is 3.05. The molecule has 0 radical (unpaired) electrons. The summed E-state index contributed by atoms with van der Waals surface area (Å²) in [4.78, 5) is 14.9. The van der Waals surface area contributed by atoms with Crippen LogP contribution in [0, 0.1) is 11.8 Å². The number of fused-ring (bicyclic) bond motifs is 3. The van der Waals surface area contributed by atoms with Crippen molar-refractivity contribution in [3.63, 3.8) is 0 Å². The Morgan fingerprint density at radius 2 is 1.68 bits per heavy atom. The Morgan fingerprint density at radius 3 is 2.30 bits per heavy atom. The minimum absolute atomic E-state index is 0.0508. The van der Waals surface area contributed by atoms with E-state index < -0.39 is 11.7 Å². The first-order valence-electron chi connectivity index (χ1n) is 13.8. The molecule has 2 heterocycles. The molecular weight excluding hydrogens is 479 g/mol. The Labute approximate surface area is 217 Å². The molecule has 0 spiro atoms. The molecule has 202 valence electrons. The Balaban J connectivity index is 1.44. The van der Waals surface area contributed by atoms with E-state index in [9.17, 15) is 18.0 Å². The van der Waals surface area contributed by atoms with Crippen LogP contribution in [0.2, 0.25) is 0 Å². The van der Waals surface area contributed by atoms with Crippen molar-refractivity contribution >= 4 is 16.7 Å². The SMILES string of the molecule is CC1CCC(Oc2ccc3cccc(CN4C5CCC4CC(C(=O)OC(C)C)C5)c3c2C(F)(F)F)CC1. The van der Waals surface area contributed by atoms with Crippen LogP contribution in [0.3, 0.4) is 0 Å². The number of nitrogens with zero attached hydrogens (tertiary/aromatic N) is 1. The fourth-order valence-corrected chi connectivity index (χ4v) is 6.72. The summed E-state index contributed by atoms with van der Waals surface area (Å²) in [7, 11) is 0. The molecule has 3 fully saturated rings. The molecule has 2 atom stereocenters. The fourth-order valence-electron chi connectivity index (χ4n) is 6.72. The Morgan fingerprint density at radius 1 is 1.00 bits per heavy atom. The van der Waals surface area contributed by atoms with E-state index in [0.29, 0.717) is 36.3 Å². The quantitative estimate of drug-likeness (QED) is 0.372. The average molecular weight is 518 g/mol. The Kier molecular flexibility index (Phi) is 7.45. The van der Waals surface area contributed by atoms with E-state index >= 15 is 0 Å². The number of benzene rings is 2. The smallest absolute Gasteiger partial charge is 0.420 e. The summed E-state index contributed by atoms with van der Waals surface area (Å²) >= 11 is 0. The molecule has 0 N–H and O–H groups in total. The number of hydrogen-bond acceptors (Lipinski definition) is 4. The lowest BCUT2D eigenvalue weighted by molar-refractivity contribution is -0.155. The van der Waals surface area contributed by atoms with Gasteiger partial charge >= 0.3 is 12.1 Å². The molecule has 37 heavy (non-hydrogen) atoms. The van der Waals surface area contributed by atoms with E-state index in [-0.39, 0.29) is 47.3 Å². The van der Waals surface area contributed by atoms with E-state index in [2.05, 4.69) is 11.8 Å². The highest BCUT2D eigenvalue weighted by atomic mass is 19.4. The summed E-state index contributed by atoms with van der Waals surface area (Å²) in [6.07, 6.45) is 2.01. The van der Waals surface area contributed by atoms with Crippen molar-refractivity contribution in [1.29, 1.82) is 0 Å². The maximum absolute atomic E-state index is 14.6. The minimum atomic E-state index is -4.53. The van der Waals surface area contributed by atoms with Gasteiger partial charge in [-0.2, -0.15) is 13.2 Å². The molecule has 2 aromatic rings. The lowest BCUT2D eigenvalue weighted by Gasteiger charge is -2.38. The third-order valence-electron chi connectivity index (χ3n) is 8.56. The minimum Gasteiger partial charge on any atom is -0.490 e. The first kappa shape index (κ1) is 26.3. The van der Waals surface area contributed by atoms with Crippen molar-refractivity contribution in [3.05, 3.63) is 41.5 Å². The molecule has 1 aliphatic carbocycles. The van der Waals surface area contributed by atoms with Crippen LogP contribution in [-0.4, -0.2) is 35.2 Å². The monoisotopic (exact) mass is 517 g/mol. The summed E-state index contributed by atoms with van der Waals surface area (Å²) in [6.45, 7) is 6.33. The van der Waals surface area contributed by atoms with Crippen LogP contribution < -0.4 is 4.74 Å². The zero-order chi connectivity index (χ0) is 26.3. The number of ether oxygens (including phenoxy) is 2. The Bertz CT molecular complexity index is 1110. The van der Waals surface area contributed by atoms with Crippen molar-refractivity contribution in [3.8, 4) is 5.75 Å². The maximum atomic E-state index is 14.6. The van der Waals surface area contributed by atoms with E-state index in [1.54, 1.807) is 12.1 Å².